The number of hydrogen-bond acceptors (Lipinski definition) is 5. The van der Waals surface area contributed by atoms with E-state index in [4.69, 9.17) is 0 Å². The van der Waals surface area contributed by atoms with Crippen LogP contribution in [0.3, 0.4) is 0 Å². The molecule has 1 atom stereocenters. The van der Waals surface area contributed by atoms with Crippen LogP contribution in [-0.4, -0.2) is 52.8 Å². The van der Waals surface area contributed by atoms with E-state index < -0.39 is 0 Å². The molecule has 1 fully saturated rings. The summed E-state index contributed by atoms with van der Waals surface area (Å²) in [6.07, 6.45) is 6.71. The van der Waals surface area contributed by atoms with Crippen molar-refractivity contribution >= 4 is 23.4 Å². The molecule has 0 saturated carbocycles. The van der Waals surface area contributed by atoms with Crippen LogP contribution >= 0.6 is 0 Å². The van der Waals surface area contributed by atoms with E-state index in [1.165, 1.54) is 0 Å². The van der Waals surface area contributed by atoms with Crippen molar-refractivity contribution in [3.63, 3.8) is 0 Å². The lowest BCUT2D eigenvalue weighted by Crippen LogP contribution is -2.43. The Morgan fingerprint density at radius 2 is 2.27 bits per heavy atom. The molecule has 1 saturated heterocycles. The number of nitrogens with zero attached hydrogens (tertiary/aromatic N) is 3. The number of nitrogens with one attached hydrogen (secondary N) is 4. The van der Waals surface area contributed by atoms with Crippen molar-refractivity contribution in [2.45, 2.75) is 25.3 Å². The monoisotopic (exact) mass is 357 g/mol. The van der Waals surface area contributed by atoms with Gasteiger partial charge >= 0.3 is 6.03 Å². The Labute approximate surface area is 151 Å². The first-order valence-corrected chi connectivity index (χ1v) is 8.69. The van der Waals surface area contributed by atoms with Gasteiger partial charge in [-0.05, 0) is 25.0 Å². The molecule has 1 aliphatic heterocycles. The van der Waals surface area contributed by atoms with Gasteiger partial charge in [-0.3, -0.25) is 9.89 Å². The number of amides is 3. The van der Waals surface area contributed by atoms with Gasteiger partial charge in [-0.25, -0.2) is 9.78 Å². The Morgan fingerprint density at radius 1 is 1.35 bits per heavy atom. The fraction of sp³-hybridized carbons (Fsp3) is 0.412. The molecule has 0 radical (unpaired) electrons. The Balaban J connectivity index is 1.29. The minimum absolute atomic E-state index is 0.0985. The summed E-state index contributed by atoms with van der Waals surface area (Å²) < 4.78 is 0. The summed E-state index contributed by atoms with van der Waals surface area (Å²) in [6.45, 7) is 2.06. The lowest BCUT2D eigenvalue weighted by molar-refractivity contribution is -0.116. The largest absolute Gasteiger partial charge is 0.354 e. The second kappa shape index (κ2) is 8.84. The van der Waals surface area contributed by atoms with E-state index >= 15 is 0 Å². The minimum Gasteiger partial charge on any atom is -0.354 e. The number of aromatic nitrogens is 3. The van der Waals surface area contributed by atoms with E-state index in [0.29, 0.717) is 25.1 Å². The Morgan fingerprint density at radius 3 is 3.04 bits per heavy atom. The molecule has 138 valence electrons. The second-order valence-electron chi connectivity index (χ2n) is 6.16. The van der Waals surface area contributed by atoms with E-state index in [-0.39, 0.29) is 18.0 Å². The number of pyridine rings is 1. The molecule has 2 aromatic rings. The number of rotatable bonds is 7. The minimum atomic E-state index is -0.201. The van der Waals surface area contributed by atoms with Gasteiger partial charge in [0.05, 0.1) is 11.9 Å². The van der Waals surface area contributed by atoms with Crippen LogP contribution in [-0.2, 0) is 4.79 Å². The first kappa shape index (κ1) is 17.7. The lowest BCUT2D eigenvalue weighted by Gasteiger charge is -2.17. The highest BCUT2D eigenvalue weighted by Gasteiger charge is 2.24. The summed E-state index contributed by atoms with van der Waals surface area (Å²) >= 11 is 0. The van der Waals surface area contributed by atoms with Gasteiger partial charge in [-0.2, -0.15) is 5.10 Å². The third kappa shape index (κ3) is 5.20. The number of aromatic amines is 1. The molecule has 1 aliphatic rings. The fourth-order valence-electron chi connectivity index (χ4n) is 2.86. The van der Waals surface area contributed by atoms with E-state index in [9.17, 15) is 9.59 Å². The summed E-state index contributed by atoms with van der Waals surface area (Å²) in [7, 11) is 0. The molecule has 0 bridgehead atoms. The van der Waals surface area contributed by atoms with Crippen LogP contribution in [0.25, 0.3) is 0 Å². The van der Waals surface area contributed by atoms with Crippen molar-refractivity contribution < 1.29 is 9.59 Å². The maximum absolute atomic E-state index is 12.0. The standard InChI is InChI=1S/C17H23N7O2/c25-16(22-14-10-20-21-11-14)5-3-8-19-17(26)23-13-6-9-24(12-13)15-4-1-2-7-18-15/h1-2,4,7,10-11,13H,3,5-6,8-9,12H2,(H,20,21)(H,22,25)(H2,19,23,26). The second-order valence-corrected chi connectivity index (χ2v) is 6.16. The van der Waals surface area contributed by atoms with E-state index in [2.05, 4.69) is 36.0 Å². The van der Waals surface area contributed by atoms with Crippen LogP contribution in [0, 0.1) is 0 Å². The normalized spacial score (nSPS) is 16.3. The van der Waals surface area contributed by atoms with Crippen molar-refractivity contribution in [1.82, 2.24) is 25.8 Å². The molecule has 3 heterocycles. The average Bonchev–Trinajstić information content (AvgIpc) is 3.32. The number of carbonyl (C=O) groups excluding carboxylic acids is 2. The van der Waals surface area contributed by atoms with Crippen LogP contribution in [0.5, 0.6) is 0 Å². The molecule has 4 N–H and O–H groups in total. The molecule has 3 amide bonds. The maximum atomic E-state index is 12.0. The molecule has 9 nitrogen and oxygen atoms in total. The highest BCUT2D eigenvalue weighted by Crippen LogP contribution is 2.17. The van der Waals surface area contributed by atoms with Gasteiger partial charge < -0.3 is 20.9 Å². The number of anilines is 2. The Bertz CT molecular complexity index is 705. The molecule has 0 spiro atoms. The molecule has 1 unspecified atom stereocenters. The van der Waals surface area contributed by atoms with Crippen LogP contribution in [0.2, 0.25) is 0 Å². The first-order valence-electron chi connectivity index (χ1n) is 8.69. The van der Waals surface area contributed by atoms with E-state index in [0.717, 1.165) is 25.3 Å². The average molecular weight is 357 g/mol. The molecule has 0 aromatic carbocycles. The van der Waals surface area contributed by atoms with Crippen LogP contribution in [0.15, 0.2) is 36.8 Å². The third-order valence-electron chi connectivity index (χ3n) is 4.14. The maximum Gasteiger partial charge on any atom is 0.315 e. The van der Waals surface area contributed by atoms with Gasteiger partial charge in [0.15, 0.2) is 0 Å². The van der Waals surface area contributed by atoms with E-state index in [1.54, 1.807) is 18.6 Å². The zero-order chi connectivity index (χ0) is 18.2. The van der Waals surface area contributed by atoms with Crippen molar-refractivity contribution in [2.75, 3.05) is 29.9 Å². The predicted octanol–water partition coefficient (Wildman–Crippen LogP) is 1.10. The van der Waals surface area contributed by atoms with Crippen molar-refractivity contribution in [3.8, 4) is 0 Å². The molecule has 9 heteroatoms. The van der Waals surface area contributed by atoms with Gasteiger partial charge in [0.2, 0.25) is 5.91 Å². The van der Waals surface area contributed by atoms with Crippen molar-refractivity contribution in [1.29, 1.82) is 0 Å². The van der Waals surface area contributed by atoms with Gasteiger partial charge in [-0.15, -0.1) is 0 Å². The molecule has 26 heavy (non-hydrogen) atoms. The number of urea groups is 1. The fourth-order valence-corrected chi connectivity index (χ4v) is 2.86. The van der Waals surface area contributed by atoms with Crippen LogP contribution in [0.1, 0.15) is 19.3 Å². The quantitative estimate of drug-likeness (QED) is 0.554. The molecular weight excluding hydrogens is 334 g/mol. The highest BCUT2D eigenvalue weighted by molar-refractivity contribution is 5.90. The summed E-state index contributed by atoms with van der Waals surface area (Å²) in [5, 5.41) is 14.9. The van der Waals surface area contributed by atoms with Gasteiger partial charge in [0, 0.05) is 44.5 Å². The van der Waals surface area contributed by atoms with Crippen molar-refractivity contribution in [2.24, 2.45) is 0 Å². The van der Waals surface area contributed by atoms with E-state index in [1.807, 2.05) is 18.2 Å². The summed E-state index contributed by atoms with van der Waals surface area (Å²) in [5.74, 6) is 0.830. The lowest BCUT2D eigenvalue weighted by atomic mass is 10.2. The first-order chi connectivity index (χ1) is 12.7. The predicted molar refractivity (Wildman–Crippen MR) is 97.8 cm³/mol. The summed E-state index contributed by atoms with van der Waals surface area (Å²) in [5.41, 5.74) is 0.638. The zero-order valence-corrected chi connectivity index (χ0v) is 14.4. The van der Waals surface area contributed by atoms with Crippen LogP contribution < -0.4 is 20.9 Å². The zero-order valence-electron chi connectivity index (χ0n) is 14.4. The van der Waals surface area contributed by atoms with Gasteiger partial charge in [0.1, 0.15) is 5.82 Å². The molecule has 0 aliphatic carbocycles. The molecular formula is C17H23N7O2. The summed E-state index contributed by atoms with van der Waals surface area (Å²) in [6, 6.07) is 5.71. The SMILES string of the molecule is O=C(CCCNC(=O)NC1CCN(c2ccccn2)C1)Nc1cn[nH]c1. The topological polar surface area (TPSA) is 115 Å². The van der Waals surface area contributed by atoms with Crippen molar-refractivity contribution in [3.05, 3.63) is 36.8 Å². The molecule has 2 aromatic heterocycles. The Hall–Kier alpha value is -3.10. The highest BCUT2D eigenvalue weighted by atomic mass is 16.2. The summed E-state index contributed by atoms with van der Waals surface area (Å²) in [4.78, 5) is 30.2. The number of carbonyl (C=O) groups is 2. The van der Waals surface area contributed by atoms with Gasteiger partial charge in [-0.1, -0.05) is 6.07 Å². The van der Waals surface area contributed by atoms with Gasteiger partial charge in [0.25, 0.3) is 0 Å². The Kier molecular flexibility index (Phi) is 6.02. The van der Waals surface area contributed by atoms with Crippen LogP contribution in [0.4, 0.5) is 16.3 Å². The number of H-pyrrole nitrogens is 1. The third-order valence-corrected chi connectivity index (χ3v) is 4.14. The number of hydrogen-bond donors (Lipinski definition) is 4. The smallest absolute Gasteiger partial charge is 0.315 e. The molecule has 3 rings (SSSR count).